The molecule has 1 atom stereocenters. The molecule has 36 heavy (non-hydrogen) atoms. The van der Waals surface area contributed by atoms with Crippen LogP contribution in [-0.4, -0.2) is 67.2 Å². The monoisotopic (exact) mass is 489 g/mol. The number of benzene rings is 1. The van der Waals surface area contributed by atoms with Gasteiger partial charge in [0, 0.05) is 37.8 Å². The van der Waals surface area contributed by atoms with E-state index in [2.05, 4.69) is 62.4 Å². The highest BCUT2D eigenvalue weighted by Crippen LogP contribution is 2.35. The number of aromatic amines is 1. The molecule has 0 amide bonds. The molecule has 1 N–H and O–H groups in total. The number of tetrazole rings is 1. The largest absolute Gasteiger partial charge is 0.321 e. The molecule has 8 nitrogen and oxygen atoms in total. The van der Waals surface area contributed by atoms with Crippen LogP contribution in [0.5, 0.6) is 0 Å². The summed E-state index contributed by atoms with van der Waals surface area (Å²) in [5.74, 6) is 0.821. The Labute approximate surface area is 213 Å². The quantitative estimate of drug-likeness (QED) is 0.576. The Bertz CT molecular complexity index is 1260. The SMILES string of the molecule is Cc1ccc2cc([C@@H](c3nnnn3C3CCCC3)N3CCN(C4CCCCC4)CC3)c(=O)[nH]c2c1C. The lowest BCUT2D eigenvalue weighted by Crippen LogP contribution is -2.52. The van der Waals surface area contributed by atoms with Gasteiger partial charge in [0.1, 0.15) is 6.04 Å². The Kier molecular flexibility index (Phi) is 6.65. The molecule has 0 spiro atoms. The van der Waals surface area contributed by atoms with Gasteiger partial charge in [0.15, 0.2) is 5.82 Å². The van der Waals surface area contributed by atoms with Gasteiger partial charge in [-0.05, 0) is 72.5 Å². The number of fused-ring (bicyclic) bond motifs is 1. The van der Waals surface area contributed by atoms with Gasteiger partial charge in [0.05, 0.1) is 11.6 Å². The summed E-state index contributed by atoms with van der Waals surface area (Å²) in [5.41, 5.74) is 3.97. The number of hydrogen-bond acceptors (Lipinski definition) is 6. The zero-order chi connectivity index (χ0) is 24.6. The number of piperazine rings is 1. The fraction of sp³-hybridized carbons (Fsp3) is 0.643. The van der Waals surface area contributed by atoms with Crippen molar-refractivity contribution < 1.29 is 0 Å². The van der Waals surface area contributed by atoms with Crippen molar-refractivity contribution in [2.24, 2.45) is 0 Å². The van der Waals surface area contributed by atoms with Crippen LogP contribution in [0.25, 0.3) is 10.9 Å². The Morgan fingerprint density at radius 1 is 0.917 bits per heavy atom. The lowest BCUT2D eigenvalue weighted by atomic mass is 9.93. The Morgan fingerprint density at radius 3 is 2.36 bits per heavy atom. The maximum absolute atomic E-state index is 13.6. The second-order valence-electron chi connectivity index (χ2n) is 11.2. The summed E-state index contributed by atoms with van der Waals surface area (Å²) in [6.45, 7) is 8.08. The van der Waals surface area contributed by atoms with Crippen molar-refractivity contribution in [3.63, 3.8) is 0 Å². The number of rotatable bonds is 5. The van der Waals surface area contributed by atoms with Crippen LogP contribution in [-0.2, 0) is 0 Å². The number of pyridine rings is 1. The fourth-order valence-electron chi connectivity index (χ4n) is 6.84. The molecule has 2 aromatic heterocycles. The van der Waals surface area contributed by atoms with Crippen LogP contribution in [0.2, 0.25) is 0 Å². The van der Waals surface area contributed by atoms with Gasteiger partial charge in [-0.15, -0.1) is 5.10 Å². The average molecular weight is 490 g/mol. The van der Waals surface area contributed by atoms with Crippen molar-refractivity contribution in [1.29, 1.82) is 0 Å². The van der Waals surface area contributed by atoms with Crippen molar-refractivity contribution in [2.75, 3.05) is 26.2 Å². The van der Waals surface area contributed by atoms with E-state index in [1.165, 1.54) is 50.5 Å². The summed E-state index contributed by atoms with van der Waals surface area (Å²) in [6.07, 6.45) is 11.4. The first-order valence-corrected chi connectivity index (χ1v) is 14.0. The topological polar surface area (TPSA) is 82.9 Å². The van der Waals surface area contributed by atoms with E-state index in [4.69, 9.17) is 0 Å². The molecule has 2 saturated carbocycles. The molecule has 6 rings (SSSR count). The first kappa shape index (κ1) is 23.8. The van der Waals surface area contributed by atoms with E-state index in [1.807, 2.05) is 4.68 Å². The summed E-state index contributed by atoms with van der Waals surface area (Å²) < 4.78 is 2.04. The number of H-pyrrole nitrogens is 1. The van der Waals surface area contributed by atoms with Crippen LogP contribution < -0.4 is 5.56 Å². The molecular formula is C28H39N7O. The van der Waals surface area contributed by atoms with Crippen molar-refractivity contribution in [1.82, 2.24) is 35.0 Å². The van der Waals surface area contributed by atoms with Gasteiger partial charge >= 0.3 is 0 Å². The summed E-state index contributed by atoms with van der Waals surface area (Å²) in [6, 6.07) is 7.15. The molecule has 3 aliphatic rings. The zero-order valence-corrected chi connectivity index (χ0v) is 21.7. The molecule has 0 bridgehead atoms. The predicted molar refractivity (Wildman–Crippen MR) is 141 cm³/mol. The second-order valence-corrected chi connectivity index (χ2v) is 11.2. The summed E-state index contributed by atoms with van der Waals surface area (Å²) in [5, 5.41) is 14.2. The van der Waals surface area contributed by atoms with Crippen molar-refractivity contribution in [3.05, 3.63) is 51.1 Å². The molecule has 3 fully saturated rings. The smallest absolute Gasteiger partial charge is 0.253 e. The minimum absolute atomic E-state index is 0.0307. The highest BCUT2D eigenvalue weighted by molar-refractivity contribution is 5.83. The zero-order valence-electron chi connectivity index (χ0n) is 21.7. The third kappa shape index (κ3) is 4.39. The van der Waals surface area contributed by atoms with Crippen LogP contribution in [0.15, 0.2) is 23.0 Å². The third-order valence-corrected chi connectivity index (χ3v) is 9.11. The van der Waals surface area contributed by atoms with Gasteiger partial charge < -0.3 is 4.98 Å². The standard InChI is InChI=1S/C28H39N7O/c1-19-12-13-21-18-24(28(36)29-25(21)20(19)2)26(27-30-31-32-35(27)23-10-6-7-11-23)34-16-14-33(15-17-34)22-8-4-3-5-9-22/h12-13,18,22-23,26H,3-11,14-17H2,1-2H3,(H,29,36)/t26-/m0/s1. The van der Waals surface area contributed by atoms with Crippen LogP contribution in [0, 0.1) is 13.8 Å². The van der Waals surface area contributed by atoms with E-state index in [-0.39, 0.29) is 11.6 Å². The first-order valence-electron chi connectivity index (χ1n) is 14.0. The van der Waals surface area contributed by atoms with E-state index < -0.39 is 0 Å². The average Bonchev–Trinajstić information content (AvgIpc) is 3.61. The molecule has 3 aromatic rings. The predicted octanol–water partition coefficient (Wildman–Crippen LogP) is 4.29. The van der Waals surface area contributed by atoms with Gasteiger partial charge in [-0.3, -0.25) is 14.6 Å². The van der Waals surface area contributed by atoms with Crippen LogP contribution in [0.1, 0.15) is 92.4 Å². The molecule has 3 heterocycles. The maximum atomic E-state index is 13.6. The summed E-state index contributed by atoms with van der Waals surface area (Å²) >= 11 is 0. The van der Waals surface area contributed by atoms with E-state index in [0.717, 1.165) is 72.9 Å². The highest BCUT2D eigenvalue weighted by Gasteiger charge is 2.36. The van der Waals surface area contributed by atoms with Crippen LogP contribution in [0.4, 0.5) is 0 Å². The van der Waals surface area contributed by atoms with Gasteiger partial charge in [-0.2, -0.15) is 0 Å². The number of nitrogens with zero attached hydrogens (tertiary/aromatic N) is 6. The van der Waals surface area contributed by atoms with Crippen molar-refractivity contribution >= 4 is 10.9 Å². The summed E-state index contributed by atoms with van der Waals surface area (Å²) in [4.78, 5) is 22.0. The van der Waals surface area contributed by atoms with Crippen molar-refractivity contribution in [3.8, 4) is 0 Å². The van der Waals surface area contributed by atoms with E-state index in [1.54, 1.807) is 0 Å². The maximum Gasteiger partial charge on any atom is 0.253 e. The Hall–Kier alpha value is -2.58. The second kappa shape index (κ2) is 10.1. The minimum Gasteiger partial charge on any atom is -0.321 e. The molecule has 0 unspecified atom stereocenters. The number of nitrogens with one attached hydrogen (secondary N) is 1. The van der Waals surface area contributed by atoms with E-state index in [9.17, 15) is 4.79 Å². The normalized spacial score (nSPS) is 21.9. The molecular weight excluding hydrogens is 450 g/mol. The number of aryl methyl sites for hydroxylation is 2. The number of hydrogen-bond donors (Lipinski definition) is 1. The fourth-order valence-corrected chi connectivity index (χ4v) is 6.84. The molecule has 0 radical (unpaired) electrons. The molecule has 1 aliphatic heterocycles. The molecule has 1 saturated heterocycles. The molecule has 192 valence electrons. The van der Waals surface area contributed by atoms with E-state index >= 15 is 0 Å². The lowest BCUT2D eigenvalue weighted by Gasteiger charge is -2.43. The van der Waals surface area contributed by atoms with Gasteiger partial charge in [-0.1, -0.05) is 44.2 Å². The van der Waals surface area contributed by atoms with Gasteiger partial charge in [0.2, 0.25) is 0 Å². The van der Waals surface area contributed by atoms with Gasteiger partial charge in [-0.25, -0.2) is 4.68 Å². The molecule has 8 heteroatoms. The third-order valence-electron chi connectivity index (χ3n) is 9.11. The van der Waals surface area contributed by atoms with Crippen molar-refractivity contribution in [2.45, 2.75) is 89.8 Å². The lowest BCUT2D eigenvalue weighted by molar-refractivity contribution is 0.0613. The van der Waals surface area contributed by atoms with Crippen LogP contribution in [0.3, 0.4) is 0 Å². The van der Waals surface area contributed by atoms with Crippen LogP contribution >= 0.6 is 0 Å². The van der Waals surface area contributed by atoms with Gasteiger partial charge in [0.25, 0.3) is 5.56 Å². The highest BCUT2D eigenvalue weighted by atomic mass is 16.1. The molecule has 1 aromatic carbocycles. The molecule has 2 aliphatic carbocycles. The van der Waals surface area contributed by atoms with E-state index in [0.29, 0.717) is 6.04 Å². The summed E-state index contributed by atoms with van der Waals surface area (Å²) in [7, 11) is 0. The number of aromatic nitrogens is 5. The Balaban J connectivity index is 1.38. The Morgan fingerprint density at radius 2 is 1.61 bits per heavy atom. The first-order chi connectivity index (χ1) is 17.6. The minimum atomic E-state index is -0.246.